The van der Waals surface area contributed by atoms with Crippen LogP contribution >= 0.6 is 28.1 Å². The zero-order valence-corrected chi connectivity index (χ0v) is 21.1. The Kier molecular flexibility index (Phi) is 7.80. The topological polar surface area (TPSA) is 170 Å². The number of carbonyl (C=O) groups excluding carboxylic acids is 1. The van der Waals surface area contributed by atoms with Crippen LogP contribution in [0.2, 0.25) is 0 Å². The van der Waals surface area contributed by atoms with Gasteiger partial charge in [-0.1, -0.05) is 34.1 Å². The van der Waals surface area contributed by atoms with E-state index in [0.717, 1.165) is 4.47 Å². The van der Waals surface area contributed by atoms with Crippen molar-refractivity contribution < 1.29 is 14.5 Å². The molecule has 1 aromatic heterocycles. The molecule has 1 amide bonds. The number of primary amides is 1. The molecule has 1 heterocycles. The molecule has 0 saturated heterocycles. The van der Waals surface area contributed by atoms with Gasteiger partial charge in [0.2, 0.25) is 11.9 Å². The van der Waals surface area contributed by atoms with Crippen molar-refractivity contribution in [3.63, 3.8) is 0 Å². The second kappa shape index (κ2) is 11.4. The summed E-state index contributed by atoms with van der Waals surface area (Å²) < 4.78 is 6.65. The highest BCUT2D eigenvalue weighted by atomic mass is 79.9. The van der Waals surface area contributed by atoms with Crippen LogP contribution in [0.15, 0.2) is 77.3 Å². The molecule has 0 radical (unpaired) electrons. The Bertz CT molecular complexity index is 1490. The van der Waals surface area contributed by atoms with Crippen LogP contribution in [0.5, 0.6) is 11.8 Å². The lowest BCUT2D eigenvalue weighted by Crippen LogP contribution is -2.21. The van der Waals surface area contributed by atoms with E-state index in [9.17, 15) is 14.9 Å². The number of carbonyl (C=O) groups is 1. The highest BCUT2D eigenvalue weighted by molar-refractivity contribution is 9.10. The molecule has 0 bridgehead atoms. The van der Waals surface area contributed by atoms with Gasteiger partial charge in [0.1, 0.15) is 5.75 Å². The smallest absolute Gasteiger partial charge is 0.328 e. The first-order chi connectivity index (χ1) is 17.8. The molecule has 0 aliphatic carbocycles. The second-order valence-corrected chi connectivity index (χ2v) is 8.57. The molecule has 0 aliphatic heterocycles. The molecule has 5 N–H and O–H groups in total. The van der Waals surface area contributed by atoms with Gasteiger partial charge in [0, 0.05) is 28.0 Å². The number of hydrogen-bond acceptors (Lipinski definition) is 9. The quantitative estimate of drug-likeness (QED) is 0.126. The van der Waals surface area contributed by atoms with Crippen LogP contribution in [0, 0.1) is 10.1 Å². The van der Waals surface area contributed by atoms with E-state index in [2.05, 4.69) is 46.8 Å². The SMILES string of the molecule is NC(=O)c1ccccc1Oc1nc(NC(=S)Nc2cccc([N+](=O)[O-])c2)nc(Nc2ccc(Br)cc2)n1. The van der Waals surface area contributed by atoms with E-state index in [1.54, 1.807) is 36.4 Å². The largest absolute Gasteiger partial charge is 0.423 e. The lowest BCUT2D eigenvalue weighted by Gasteiger charge is -2.13. The molecule has 0 aliphatic rings. The molecular formula is C23H17BrN8O4S. The fraction of sp³-hybridized carbons (Fsp3) is 0. The maximum Gasteiger partial charge on any atom is 0.328 e. The van der Waals surface area contributed by atoms with Crippen molar-refractivity contribution >= 4 is 68.1 Å². The number of benzene rings is 3. The van der Waals surface area contributed by atoms with Crippen molar-refractivity contribution in [2.45, 2.75) is 0 Å². The predicted molar refractivity (Wildman–Crippen MR) is 145 cm³/mol. The van der Waals surface area contributed by atoms with Crippen molar-refractivity contribution in [3.8, 4) is 11.8 Å². The fourth-order valence-corrected chi connectivity index (χ4v) is 3.47. The van der Waals surface area contributed by atoms with E-state index >= 15 is 0 Å². The molecular weight excluding hydrogens is 564 g/mol. The first-order valence-corrected chi connectivity index (χ1v) is 11.6. The molecule has 0 fully saturated rings. The Morgan fingerprint density at radius 3 is 2.41 bits per heavy atom. The lowest BCUT2D eigenvalue weighted by atomic mass is 10.2. The van der Waals surface area contributed by atoms with Crippen molar-refractivity contribution in [1.82, 2.24) is 15.0 Å². The van der Waals surface area contributed by atoms with E-state index in [4.69, 9.17) is 22.7 Å². The molecule has 4 rings (SSSR count). The monoisotopic (exact) mass is 580 g/mol. The number of amides is 1. The Labute approximate surface area is 223 Å². The molecule has 0 atom stereocenters. The minimum absolute atomic E-state index is 0.00380. The molecule has 0 saturated carbocycles. The Morgan fingerprint density at radius 1 is 0.946 bits per heavy atom. The summed E-state index contributed by atoms with van der Waals surface area (Å²) in [6.07, 6.45) is 0. The number of hydrogen-bond donors (Lipinski definition) is 4. The van der Waals surface area contributed by atoms with Gasteiger partial charge >= 0.3 is 6.01 Å². The first-order valence-electron chi connectivity index (χ1n) is 10.4. The van der Waals surface area contributed by atoms with Gasteiger partial charge in [0.15, 0.2) is 5.11 Å². The molecule has 12 nitrogen and oxygen atoms in total. The summed E-state index contributed by atoms with van der Waals surface area (Å²) in [7, 11) is 0. The summed E-state index contributed by atoms with van der Waals surface area (Å²) in [5, 5.41) is 19.8. The number of nitro benzene ring substituents is 1. The lowest BCUT2D eigenvalue weighted by molar-refractivity contribution is -0.384. The molecule has 0 unspecified atom stereocenters. The summed E-state index contributed by atoms with van der Waals surface area (Å²) in [6, 6.07) is 19.3. The van der Waals surface area contributed by atoms with E-state index in [-0.39, 0.29) is 40.0 Å². The summed E-state index contributed by atoms with van der Waals surface area (Å²) in [5.74, 6) is -0.411. The summed E-state index contributed by atoms with van der Waals surface area (Å²) in [4.78, 5) is 35.1. The van der Waals surface area contributed by atoms with Crippen molar-refractivity contribution in [3.05, 3.63) is 92.9 Å². The van der Waals surface area contributed by atoms with Gasteiger partial charge in [-0.05, 0) is 54.7 Å². The van der Waals surface area contributed by atoms with Crippen LogP contribution in [0.4, 0.5) is 29.0 Å². The number of rotatable bonds is 8. The molecule has 14 heteroatoms. The van der Waals surface area contributed by atoms with Crippen molar-refractivity contribution in [1.29, 1.82) is 0 Å². The fourth-order valence-electron chi connectivity index (χ4n) is 2.99. The van der Waals surface area contributed by atoms with E-state index in [0.29, 0.717) is 11.4 Å². The number of halogens is 1. The summed E-state index contributed by atoms with van der Waals surface area (Å²) >= 11 is 8.70. The molecule has 3 aromatic carbocycles. The first kappa shape index (κ1) is 25.4. The summed E-state index contributed by atoms with van der Waals surface area (Å²) in [6.45, 7) is 0. The zero-order valence-electron chi connectivity index (χ0n) is 18.7. The minimum Gasteiger partial charge on any atom is -0.423 e. The predicted octanol–water partition coefficient (Wildman–Crippen LogP) is 4.99. The van der Waals surface area contributed by atoms with Gasteiger partial charge in [0.05, 0.1) is 10.5 Å². The number of anilines is 4. The standard InChI is InChI=1S/C23H17BrN8O4S/c24-13-8-10-14(11-9-13)26-20-28-21(31-23(37)27-15-4-3-5-16(12-15)32(34)35)30-22(29-20)36-18-7-2-1-6-17(18)19(25)33/h1-12H,(H2,25,33)(H3,26,27,28,29,30,31,37). The van der Waals surface area contributed by atoms with Crippen LogP contribution in [-0.2, 0) is 0 Å². The maximum atomic E-state index is 11.8. The number of non-ortho nitro benzene ring substituents is 1. The van der Waals surface area contributed by atoms with Crippen LogP contribution in [0.25, 0.3) is 0 Å². The number of ether oxygens (including phenoxy) is 1. The number of thiocarbonyl (C=S) groups is 1. The van der Waals surface area contributed by atoms with E-state index in [1.165, 1.54) is 24.3 Å². The third-order valence-corrected chi connectivity index (χ3v) is 5.34. The zero-order chi connectivity index (χ0) is 26.4. The summed E-state index contributed by atoms with van der Waals surface area (Å²) in [5.41, 5.74) is 6.56. The Balaban J connectivity index is 1.61. The second-order valence-electron chi connectivity index (χ2n) is 7.25. The third kappa shape index (κ3) is 6.93. The number of nitro groups is 1. The average Bonchev–Trinajstić information content (AvgIpc) is 2.85. The van der Waals surface area contributed by atoms with Crippen LogP contribution in [0.3, 0.4) is 0 Å². The molecule has 0 spiro atoms. The van der Waals surface area contributed by atoms with Gasteiger partial charge in [0.25, 0.3) is 11.6 Å². The molecule has 186 valence electrons. The van der Waals surface area contributed by atoms with Crippen molar-refractivity contribution in [2.75, 3.05) is 16.0 Å². The van der Waals surface area contributed by atoms with Crippen LogP contribution in [-0.4, -0.2) is 30.9 Å². The van der Waals surface area contributed by atoms with Crippen molar-refractivity contribution in [2.24, 2.45) is 5.73 Å². The van der Waals surface area contributed by atoms with Gasteiger partial charge in [-0.25, -0.2) is 0 Å². The third-order valence-electron chi connectivity index (χ3n) is 4.61. The normalized spacial score (nSPS) is 10.3. The van der Waals surface area contributed by atoms with E-state index in [1.807, 2.05) is 12.1 Å². The van der Waals surface area contributed by atoms with E-state index < -0.39 is 10.8 Å². The highest BCUT2D eigenvalue weighted by Crippen LogP contribution is 2.25. The Morgan fingerprint density at radius 2 is 1.68 bits per heavy atom. The van der Waals surface area contributed by atoms with Crippen LogP contribution in [0.1, 0.15) is 10.4 Å². The van der Waals surface area contributed by atoms with Crippen LogP contribution < -0.4 is 26.4 Å². The van der Waals surface area contributed by atoms with Gasteiger partial charge in [-0.2, -0.15) is 15.0 Å². The molecule has 37 heavy (non-hydrogen) atoms. The average molecular weight is 581 g/mol. The number of nitrogens with zero attached hydrogens (tertiary/aromatic N) is 4. The van der Waals surface area contributed by atoms with Gasteiger partial charge in [-0.15, -0.1) is 0 Å². The van der Waals surface area contributed by atoms with Gasteiger partial charge < -0.3 is 26.4 Å². The highest BCUT2D eigenvalue weighted by Gasteiger charge is 2.15. The molecule has 4 aromatic rings. The minimum atomic E-state index is -0.682. The van der Waals surface area contributed by atoms with Gasteiger partial charge in [-0.3, -0.25) is 14.9 Å². The number of para-hydroxylation sites is 1. The Hall–Kier alpha value is -4.69. The number of nitrogens with one attached hydrogen (secondary N) is 3. The number of aromatic nitrogens is 3. The number of nitrogens with two attached hydrogens (primary N) is 1. The maximum absolute atomic E-state index is 11.8.